The highest BCUT2D eigenvalue weighted by atomic mass is 32.2. The van der Waals surface area contributed by atoms with Gasteiger partial charge in [0, 0.05) is 10.5 Å². The number of aromatic hydroxyl groups is 1. The molecule has 0 radical (unpaired) electrons. The van der Waals surface area contributed by atoms with Gasteiger partial charge in [-0.25, -0.2) is 0 Å². The topological polar surface area (TPSA) is 20.2 Å². The summed E-state index contributed by atoms with van der Waals surface area (Å²) in [6.45, 7) is 13.7. The largest absolute Gasteiger partial charge is 0.508 e. The van der Waals surface area contributed by atoms with E-state index in [9.17, 15) is 5.11 Å². The number of allylic oxidation sites excluding steroid dienone is 2. The average Bonchev–Trinajstić information content (AvgIpc) is 3.33. The van der Waals surface area contributed by atoms with Crippen LogP contribution in [0.1, 0.15) is 45.7 Å². The molecule has 3 aliphatic rings. The smallest absolute Gasteiger partial charge is 0.118 e. The Morgan fingerprint density at radius 1 is 0.964 bits per heavy atom. The second-order valence-electron chi connectivity index (χ2n) is 9.86. The van der Waals surface area contributed by atoms with Crippen molar-refractivity contribution in [2.24, 2.45) is 11.8 Å². The van der Waals surface area contributed by atoms with Crippen LogP contribution in [-0.4, -0.2) is 23.7 Å². The number of benzene rings is 1. The van der Waals surface area contributed by atoms with Gasteiger partial charge in [0.1, 0.15) is 5.75 Å². The standard InChI is InChI=1S/C24H34OS2Si/c1-7-28(8-2,19-14-15(3)13-18(20(19)25)24(4,5)6)23-21-16(9-11-26-21)17-10-12-27-22(17)23/h9-14,16-17,21-23,25H,7-8H2,1-6H3. The number of hydrogen-bond donors (Lipinski definition) is 1. The normalized spacial score (nSPS) is 31.4. The van der Waals surface area contributed by atoms with E-state index in [0.717, 1.165) is 5.56 Å². The lowest BCUT2D eigenvalue weighted by atomic mass is 9.85. The minimum atomic E-state index is -1.92. The third-order valence-corrected chi connectivity index (χ3v) is 16.4. The highest BCUT2D eigenvalue weighted by molar-refractivity contribution is 8.04. The molecule has 2 heterocycles. The maximum atomic E-state index is 11.6. The lowest BCUT2D eigenvalue weighted by molar-refractivity contribution is 0.449. The molecule has 4 unspecified atom stereocenters. The minimum Gasteiger partial charge on any atom is -0.508 e. The molecule has 2 aliphatic heterocycles. The number of phenols is 1. The van der Waals surface area contributed by atoms with Crippen molar-refractivity contribution in [2.75, 3.05) is 0 Å². The lowest BCUT2D eigenvalue weighted by Crippen LogP contribution is -2.55. The van der Waals surface area contributed by atoms with Crippen LogP contribution in [0.2, 0.25) is 17.6 Å². The summed E-state index contributed by atoms with van der Waals surface area (Å²) in [7, 11) is -1.92. The first-order valence-electron chi connectivity index (χ1n) is 10.7. The quantitative estimate of drug-likeness (QED) is 0.546. The molecule has 4 rings (SSSR count). The van der Waals surface area contributed by atoms with Gasteiger partial charge in [0.15, 0.2) is 0 Å². The second kappa shape index (κ2) is 7.28. The third kappa shape index (κ3) is 2.97. The van der Waals surface area contributed by atoms with Gasteiger partial charge in [-0.3, -0.25) is 0 Å². The molecular weight excluding hydrogens is 396 g/mol. The number of aryl methyl sites for hydroxylation is 1. The van der Waals surface area contributed by atoms with Crippen LogP contribution in [0.15, 0.2) is 35.1 Å². The Labute approximate surface area is 180 Å². The molecule has 1 aromatic rings. The molecule has 152 valence electrons. The van der Waals surface area contributed by atoms with E-state index in [1.807, 2.05) is 0 Å². The molecule has 0 saturated heterocycles. The molecule has 1 nitrogen and oxygen atoms in total. The van der Waals surface area contributed by atoms with E-state index in [1.165, 1.54) is 22.8 Å². The molecule has 1 aliphatic carbocycles. The Balaban J connectivity index is 1.89. The Morgan fingerprint density at radius 3 is 1.96 bits per heavy atom. The zero-order valence-electron chi connectivity index (χ0n) is 18.0. The fraction of sp³-hybridized carbons (Fsp3) is 0.583. The van der Waals surface area contributed by atoms with Gasteiger partial charge in [0.05, 0.1) is 8.07 Å². The van der Waals surface area contributed by atoms with Gasteiger partial charge in [-0.2, -0.15) is 0 Å². The van der Waals surface area contributed by atoms with Crippen LogP contribution in [0.5, 0.6) is 5.75 Å². The molecule has 0 bridgehead atoms. The van der Waals surface area contributed by atoms with E-state index >= 15 is 0 Å². The summed E-state index contributed by atoms with van der Waals surface area (Å²) in [4.78, 5) is 0. The zero-order chi connectivity index (χ0) is 20.3. The molecule has 1 aromatic carbocycles. The van der Waals surface area contributed by atoms with Crippen molar-refractivity contribution in [2.45, 2.75) is 75.1 Å². The summed E-state index contributed by atoms with van der Waals surface area (Å²) < 4.78 is 0. The average molecular weight is 431 g/mol. The maximum absolute atomic E-state index is 11.6. The maximum Gasteiger partial charge on any atom is 0.118 e. The van der Waals surface area contributed by atoms with Crippen LogP contribution in [0, 0.1) is 18.8 Å². The highest BCUT2D eigenvalue weighted by Crippen LogP contribution is 2.62. The van der Waals surface area contributed by atoms with Gasteiger partial charge in [0.2, 0.25) is 0 Å². The Morgan fingerprint density at radius 2 is 1.50 bits per heavy atom. The van der Waals surface area contributed by atoms with Gasteiger partial charge >= 0.3 is 0 Å². The van der Waals surface area contributed by atoms with Crippen LogP contribution < -0.4 is 5.19 Å². The molecule has 4 heteroatoms. The predicted octanol–water partition coefficient (Wildman–Crippen LogP) is 6.57. The fourth-order valence-corrected chi connectivity index (χ4v) is 16.0. The van der Waals surface area contributed by atoms with E-state index in [1.54, 1.807) is 0 Å². The predicted molar refractivity (Wildman–Crippen MR) is 130 cm³/mol. The van der Waals surface area contributed by atoms with Gasteiger partial charge in [-0.15, -0.1) is 23.5 Å². The number of thioether (sulfide) groups is 2. The summed E-state index contributed by atoms with van der Waals surface area (Å²) in [6.07, 6.45) is 4.95. The summed E-state index contributed by atoms with van der Waals surface area (Å²) >= 11 is 4.15. The van der Waals surface area contributed by atoms with Crippen molar-refractivity contribution in [1.82, 2.24) is 0 Å². The number of fused-ring (bicyclic) bond motifs is 3. The number of hydrogen-bond acceptors (Lipinski definition) is 3. The van der Waals surface area contributed by atoms with Crippen molar-refractivity contribution < 1.29 is 5.11 Å². The minimum absolute atomic E-state index is 0.0411. The Bertz CT molecular complexity index is 793. The van der Waals surface area contributed by atoms with Crippen LogP contribution in [0.3, 0.4) is 0 Å². The molecule has 0 amide bonds. The van der Waals surface area contributed by atoms with E-state index in [2.05, 4.69) is 100 Å². The third-order valence-electron chi connectivity index (χ3n) is 7.48. The molecule has 1 saturated carbocycles. The molecule has 1 fully saturated rings. The van der Waals surface area contributed by atoms with Gasteiger partial charge in [-0.05, 0) is 51.3 Å². The van der Waals surface area contributed by atoms with E-state index in [-0.39, 0.29) is 5.41 Å². The molecule has 0 aromatic heterocycles. The van der Waals surface area contributed by atoms with Gasteiger partial charge in [0.25, 0.3) is 0 Å². The monoisotopic (exact) mass is 430 g/mol. The number of phenolic OH excluding ortho intramolecular Hbond substituents is 1. The molecule has 4 atom stereocenters. The second-order valence-corrected chi connectivity index (χ2v) is 17.0. The van der Waals surface area contributed by atoms with Crippen molar-refractivity contribution >= 4 is 36.8 Å². The Kier molecular flexibility index (Phi) is 5.38. The van der Waals surface area contributed by atoms with Crippen molar-refractivity contribution in [3.05, 3.63) is 46.2 Å². The molecule has 1 N–H and O–H groups in total. The van der Waals surface area contributed by atoms with E-state index in [0.29, 0.717) is 33.6 Å². The fourth-order valence-electron chi connectivity index (χ4n) is 6.02. The number of rotatable bonds is 4. The van der Waals surface area contributed by atoms with Gasteiger partial charge in [-0.1, -0.05) is 76.6 Å². The van der Waals surface area contributed by atoms with Gasteiger partial charge < -0.3 is 5.11 Å². The molecule has 0 spiro atoms. The van der Waals surface area contributed by atoms with Crippen LogP contribution in [-0.2, 0) is 5.41 Å². The summed E-state index contributed by atoms with van der Waals surface area (Å²) in [5.41, 5.74) is 3.09. The summed E-state index contributed by atoms with van der Waals surface area (Å²) in [6, 6.07) is 6.98. The highest BCUT2D eigenvalue weighted by Gasteiger charge is 2.60. The van der Waals surface area contributed by atoms with Crippen molar-refractivity contribution in [3.8, 4) is 5.75 Å². The van der Waals surface area contributed by atoms with Crippen LogP contribution in [0.4, 0.5) is 0 Å². The first-order valence-corrected chi connectivity index (χ1v) is 15.1. The summed E-state index contributed by atoms with van der Waals surface area (Å²) in [5, 5.41) is 19.0. The summed E-state index contributed by atoms with van der Waals surface area (Å²) in [5.74, 6) is 1.98. The first kappa shape index (κ1) is 20.7. The Hall–Kier alpha value is -0.583. The SMILES string of the molecule is CC[Si](CC)(c1cc(C)cc(C(C)(C)C)c1O)C1C2SC=CC2C2C=CSC21. The van der Waals surface area contributed by atoms with Crippen molar-refractivity contribution in [1.29, 1.82) is 0 Å². The van der Waals surface area contributed by atoms with E-state index in [4.69, 9.17) is 0 Å². The molecule has 28 heavy (non-hydrogen) atoms. The van der Waals surface area contributed by atoms with Crippen molar-refractivity contribution in [3.63, 3.8) is 0 Å². The molecular formula is C24H34OS2Si. The van der Waals surface area contributed by atoms with Crippen LogP contribution in [0.25, 0.3) is 0 Å². The zero-order valence-corrected chi connectivity index (χ0v) is 20.7. The van der Waals surface area contributed by atoms with E-state index < -0.39 is 8.07 Å². The lowest BCUT2D eigenvalue weighted by Gasteiger charge is -2.42. The van der Waals surface area contributed by atoms with Crippen LogP contribution >= 0.6 is 23.5 Å². The first-order chi connectivity index (χ1) is 13.2.